The zero-order valence-corrected chi connectivity index (χ0v) is 9.58. The lowest BCUT2D eigenvalue weighted by molar-refractivity contribution is -0.116. The Morgan fingerprint density at radius 2 is 2.06 bits per heavy atom. The molecule has 1 heterocycles. The molecule has 0 radical (unpaired) electrons. The third-order valence-corrected chi connectivity index (χ3v) is 2.96. The van der Waals surface area contributed by atoms with Gasteiger partial charge in [-0.2, -0.15) is 0 Å². The topological polar surface area (TPSA) is 38.3 Å². The van der Waals surface area contributed by atoms with Gasteiger partial charge in [-0.15, -0.1) is 0 Å². The molecule has 0 saturated heterocycles. The van der Waals surface area contributed by atoms with Gasteiger partial charge in [0.1, 0.15) is 4.91 Å². The highest BCUT2D eigenvalue weighted by molar-refractivity contribution is 8.06. The van der Waals surface area contributed by atoms with Crippen LogP contribution in [0.3, 0.4) is 0 Å². The zero-order valence-electron chi connectivity index (χ0n) is 8.77. The molecule has 1 aromatic carbocycles. The molecule has 1 aliphatic heterocycles. The molecule has 0 atom stereocenters. The van der Waals surface area contributed by atoms with E-state index in [9.17, 15) is 4.79 Å². The summed E-state index contributed by atoms with van der Waals surface area (Å²) >= 11 is 1.36. The molecule has 1 aromatic rings. The number of benzene rings is 1. The summed E-state index contributed by atoms with van der Waals surface area (Å²) in [7, 11) is 1.61. The number of hydrogen-bond donors (Lipinski definition) is 1. The van der Waals surface area contributed by atoms with Gasteiger partial charge in [-0.05, 0) is 0 Å². The largest absolute Gasteiger partial charge is 0.462 e. The van der Waals surface area contributed by atoms with E-state index >= 15 is 0 Å². The van der Waals surface area contributed by atoms with Crippen LogP contribution in [0.2, 0.25) is 0 Å². The fourth-order valence-electron chi connectivity index (χ4n) is 1.36. The summed E-state index contributed by atoms with van der Waals surface area (Å²) in [5, 5.41) is 4.35. The minimum atomic E-state index is -0.131. The quantitative estimate of drug-likeness (QED) is 0.852. The summed E-state index contributed by atoms with van der Waals surface area (Å²) in [5.41, 5.74) is 0.901. The van der Waals surface area contributed by atoms with Crippen LogP contribution in [-0.4, -0.2) is 13.0 Å². The van der Waals surface area contributed by atoms with Crippen LogP contribution in [-0.2, 0) is 9.53 Å². The summed E-state index contributed by atoms with van der Waals surface area (Å²) in [6.45, 7) is 0. The smallest absolute Gasteiger partial charge is 0.261 e. The van der Waals surface area contributed by atoms with E-state index in [4.69, 9.17) is 4.74 Å². The molecule has 1 aliphatic rings. The molecule has 16 heavy (non-hydrogen) atoms. The zero-order chi connectivity index (χ0) is 11.4. The van der Waals surface area contributed by atoms with Gasteiger partial charge in [0.15, 0.2) is 5.76 Å². The first-order valence-electron chi connectivity index (χ1n) is 4.83. The van der Waals surface area contributed by atoms with Crippen LogP contribution in [0.5, 0.6) is 0 Å². The Kier molecular flexibility index (Phi) is 3.31. The highest BCUT2D eigenvalue weighted by Crippen LogP contribution is 2.32. The molecule has 2 rings (SSSR count). The van der Waals surface area contributed by atoms with Crippen molar-refractivity contribution >= 4 is 23.4 Å². The van der Waals surface area contributed by atoms with Gasteiger partial charge >= 0.3 is 0 Å². The highest BCUT2D eigenvalue weighted by Gasteiger charge is 2.19. The number of carbonyl (C=O) groups excluding carboxylic acids is 1. The van der Waals surface area contributed by atoms with Crippen molar-refractivity contribution in [2.75, 3.05) is 7.05 Å². The van der Waals surface area contributed by atoms with Gasteiger partial charge in [0, 0.05) is 18.0 Å². The predicted molar refractivity (Wildman–Crippen MR) is 65.2 cm³/mol. The molecule has 0 saturated carbocycles. The number of ether oxygens (including phenoxy) is 1. The molecule has 0 aromatic heterocycles. The predicted octanol–water partition coefficient (Wildman–Crippen LogP) is 2.34. The maximum absolute atomic E-state index is 11.6. The molecule has 0 fully saturated rings. The van der Waals surface area contributed by atoms with Gasteiger partial charge in [0.05, 0.1) is 6.26 Å². The van der Waals surface area contributed by atoms with Crippen LogP contribution in [0, 0.1) is 0 Å². The van der Waals surface area contributed by atoms with Crippen molar-refractivity contribution in [3.05, 3.63) is 52.5 Å². The molecule has 0 bridgehead atoms. The fourth-order valence-corrected chi connectivity index (χ4v) is 2.09. The molecule has 0 unspecified atom stereocenters. The fraction of sp³-hybridized carbons (Fsp3) is 0.0833. The van der Waals surface area contributed by atoms with Gasteiger partial charge in [-0.25, -0.2) is 0 Å². The molecular weight excluding hydrogens is 222 g/mol. The SMILES string of the molecule is CNC(=O)C1=C(c2ccccc2)OC=CS1. The van der Waals surface area contributed by atoms with Crippen LogP contribution >= 0.6 is 11.8 Å². The van der Waals surface area contributed by atoms with Crippen molar-refractivity contribution in [3.63, 3.8) is 0 Å². The van der Waals surface area contributed by atoms with Crippen molar-refractivity contribution in [1.82, 2.24) is 5.32 Å². The number of nitrogens with one attached hydrogen (secondary N) is 1. The van der Waals surface area contributed by atoms with E-state index in [-0.39, 0.29) is 5.91 Å². The Morgan fingerprint density at radius 3 is 2.75 bits per heavy atom. The van der Waals surface area contributed by atoms with E-state index in [1.165, 1.54) is 11.8 Å². The molecular formula is C12H11NO2S. The summed E-state index contributed by atoms with van der Waals surface area (Å²) in [6, 6.07) is 9.58. The molecule has 1 N–H and O–H groups in total. The number of rotatable bonds is 2. The second kappa shape index (κ2) is 4.90. The van der Waals surface area contributed by atoms with Crippen molar-refractivity contribution in [3.8, 4) is 0 Å². The molecule has 4 heteroatoms. The van der Waals surface area contributed by atoms with Crippen LogP contribution in [0.25, 0.3) is 5.76 Å². The average molecular weight is 233 g/mol. The number of likely N-dealkylation sites (N-methyl/N-ethyl adjacent to an activating group) is 1. The Morgan fingerprint density at radius 1 is 1.31 bits per heavy atom. The first kappa shape index (κ1) is 10.8. The summed E-state index contributed by atoms with van der Waals surface area (Å²) < 4.78 is 5.42. The Labute approximate surface area is 98.2 Å². The second-order valence-corrected chi connectivity index (χ2v) is 4.03. The minimum absolute atomic E-state index is 0.131. The number of carbonyl (C=O) groups is 1. The molecule has 1 amide bonds. The van der Waals surface area contributed by atoms with E-state index in [1.807, 2.05) is 30.3 Å². The Balaban J connectivity index is 2.42. The van der Waals surface area contributed by atoms with Crippen molar-refractivity contribution in [1.29, 1.82) is 0 Å². The van der Waals surface area contributed by atoms with Crippen LogP contribution < -0.4 is 5.32 Å². The third kappa shape index (κ3) is 2.12. The van der Waals surface area contributed by atoms with Gasteiger partial charge in [0.2, 0.25) is 0 Å². The van der Waals surface area contributed by atoms with Crippen molar-refractivity contribution in [2.45, 2.75) is 0 Å². The van der Waals surface area contributed by atoms with E-state index < -0.39 is 0 Å². The lowest BCUT2D eigenvalue weighted by Gasteiger charge is -2.15. The average Bonchev–Trinajstić information content (AvgIpc) is 2.39. The normalized spacial score (nSPS) is 14.6. The minimum Gasteiger partial charge on any atom is -0.462 e. The van der Waals surface area contributed by atoms with Crippen LogP contribution in [0.15, 0.2) is 46.9 Å². The van der Waals surface area contributed by atoms with Crippen LogP contribution in [0.1, 0.15) is 5.56 Å². The van der Waals surface area contributed by atoms with E-state index in [0.29, 0.717) is 10.7 Å². The van der Waals surface area contributed by atoms with Gasteiger partial charge in [-0.3, -0.25) is 4.79 Å². The third-order valence-electron chi connectivity index (χ3n) is 2.10. The first-order valence-corrected chi connectivity index (χ1v) is 5.71. The van der Waals surface area contributed by atoms with Crippen molar-refractivity contribution in [2.24, 2.45) is 0 Å². The second-order valence-electron chi connectivity index (χ2n) is 3.11. The van der Waals surface area contributed by atoms with Crippen molar-refractivity contribution < 1.29 is 9.53 Å². The molecule has 82 valence electrons. The maximum atomic E-state index is 11.6. The van der Waals surface area contributed by atoms with E-state index in [2.05, 4.69) is 5.32 Å². The molecule has 0 aliphatic carbocycles. The number of hydrogen-bond acceptors (Lipinski definition) is 3. The summed E-state index contributed by atoms with van der Waals surface area (Å²) in [5.74, 6) is 0.473. The van der Waals surface area contributed by atoms with Crippen LogP contribution in [0.4, 0.5) is 0 Å². The van der Waals surface area contributed by atoms with E-state index in [1.54, 1.807) is 18.7 Å². The van der Waals surface area contributed by atoms with Gasteiger partial charge in [0.25, 0.3) is 5.91 Å². The standard InChI is InChI=1S/C12H11NO2S/c1-13-12(14)11-10(15-7-8-16-11)9-5-3-2-4-6-9/h2-8H,1H3,(H,13,14). The lowest BCUT2D eigenvalue weighted by atomic mass is 10.2. The summed E-state index contributed by atoms with van der Waals surface area (Å²) in [6.07, 6.45) is 1.58. The first-order chi connectivity index (χ1) is 7.83. The number of amides is 1. The molecule has 0 spiro atoms. The monoisotopic (exact) mass is 233 g/mol. The summed E-state index contributed by atoms with van der Waals surface area (Å²) in [4.78, 5) is 12.2. The highest BCUT2D eigenvalue weighted by atomic mass is 32.2. The Hall–Kier alpha value is -1.68. The van der Waals surface area contributed by atoms with Gasteiger partial charge < -0.3 is 10.1 Å². The Bertz CT molecular complexity index is 451. The molecule has 3 nitrogen and oxygen atoms in total. The lowest BCUT2D eigenvalue weighted by Crippen LogP contribution is -2.20. The van der Waals surface area contributed by atoms with Gasteiger partial charge in [-0.1, -0.05) is 42.1 Å². The number of thioether (sulfide) groups is 1. The maximum Gasteiger partial charge on any atom is 0.261 e. The van der Waals surface area contributed by atoms with E-state index in [0.717, 1.165) is 5.56 Å².